The number of cyclic esters (lactones) is 1. The van der Waals surface area contributed by atoms with Crippen molar-refractivity contribution in [3.8, 4) is 0 Å². The molecule has 0 bridgehead atoms. The summed E-state index contributed by atoms with van der Waals surface area (Å²) in [7, 11) is 0. The summed E-state index contributed by atoms with van der Waals surface area (Å²) in [4.78, 5) is 27.3. The average Bonchev–Trinajstić information content (AvgIpc) is 3.20. The third-order valence-electron chi connectivity index (χ3n) is 8.61. The number of hydrogen-bond donors (Lipinski definition) is 0. The molecule has 0 aromatic rings. The molecule has 0 radical (unpaired) electrons. The van der Waals surface area contributed by atoms with Gasteiger partial charge in [0, 0.05) is 23.9 Å². The predicted molar refractivity (Wildman–Crippen MR) is 99.7 cm³/mol. The molecule has 0 aromatic carbocycles. The first kappa shape index (κ1) is 18.0. The fourth-order valence-corrected chi connectivity index (χ4v) is 7.48. The van der Waals surface area contributed by atoms with E-state index in [9.17, 15) is 9.59 Å². The van der Waals surface area contributed by atoms with Gasteiger partial charge >= 0.3 is 11.9 Å². The van der Waals surface area contributed by atoms with E-state index in [4.69, 9.17) is 9.47 Å². The molecule has 5 rings (SSSR count). The first-order valence-corrected chi connectivity index (χ1v) is 11.2. The van der Waals surface area contributed by atoms with E-state index in [2.05, 4.69) is 18.7 Å². The lowest BCUT2D eigenvalue weighted by atomic mass is 9.60. The van der Waals surface area contributed by atoms with Crippen LogP contribution in [0.4, 0.5) is 0 Å². The van der Waals surface area contributed by atoms with Crippen molar-refractivity contribution in [2.75, 3.05) is 6.54 Å². The molecule has 10 atom stereocenters. The largest absolute Gasteiger partial charge is 0.462 e. The first-order chi connectivity index (χ1) is 13.0. The molecule has 4 heterocycles. The van der Waals surface area contributed by atoms with Gasteiger partial charge < -0.3 is 9.47 Å². The zero-order valence-corrected chi connectivity index (χ0v) is 16.8. The minimum atomic E-state index is -0.0294. The standard InChI is InChI=1S/C22H33NO4/c1-4-13-14-7-5-6-8-23-16(17-9-11(2)21(24)26-17)10-15(19(14)23)18-12(3)22(25)27-20(13)18/h11-20H,4-10H2,1-3H3/t11-,12-,13+,14+,15-,16-,17-,18-,19-,20+/m0/s1. The maximum Gasteiger partial charge on any atom is 0.309 e. The van der Waals surface area contributed by atoms with Crippen molar-refractivity contribution in [1.82, 2.24) is 4.90 Å². The van der Waals surface area contributed by atoms with Gasteiger partial charge in [-0.15, -0.1) is 0 Å². The van der Waals surface area contributed by atoms with Gasteiger partial charge in [0.15, 0.2) is 0 Å². The number of carbonyl (C=O) groups excluding carboxylic acids is 2. The molecule has 1 aliphatic carbocycles. The molecule has 5 heteroatoms. The van der Waals surface area contributed by atoms with Crippen LogP contribution >= 0.6 is 0 Å². The summed E-state index contributed by atoms with van der Waals surface area (Å²) >= 11 is 0. The van der Waals surface area contributed by atoms with E-state index in [1.54, 1.807) is 0 Å². The second-order valence-electron chi connectivity index (χ2n) is 9.81. The molecule has 0 amide bonds. The summed E-state index contributed by atoms with van der Waals surface area (Å²) < 4.78 is 11.8. The zero-order valence-electron chi connectivity index (χ0n) is 16.8. The fourth-order valence-electron chi connectivity index (χ4n) is 7.48. The number of fused-ring (bicyclic) bond motifs is 2. The summed E-state index contributed by atoms with van der Waals surface area (Å²) in [6.45, 7) is 7.44. The summed E-state index contributed by atoms with van der Waals surface area (Å²) in [6.07, 6.45) is 6.87. The van der Waals surface area contributed by atoms with Gasteiger partial charge in [0.1, 0.15) is 12.2 Å². The molecule has 0 aromatic heterocycles. The summed E-state index contributed by atoms with van der Waals surface area (Å²) in [6, 6.07) is 0.865. The van der Waals surface area contributed by atoms with Gasteiger partial charge in [-0.05, 0) is 50.5 Å². The molecular formula is C22H33NO4. The van der Waals surface area contributed by atoms with E-state index >= 15 is 0 Å². The van der Waals surface area contributed by atoms with E-state index < -0.39 is 0 Å². The second-order valence-corrected chi connectivity index (χ2v) is 9.81. The average molecular weight is 376 g/mol. The van der Waals surface area contributed by atoms with Crippen LogP contribution in [-0.4, -0.2) is 47.7 Å². The van der Waals surface area contributed by atoms with Crippen molar-refractivity contribution in [3.63, 3.8) is 0 Å². The van der Waals surface area contributed by atoms with E-state index in [0.717, 1.165) is 25.8 Å². The van der Waals surface area contributed by atoms with Crippen LogP contribution in [0.2, 0.25) is 0 Å². The Labute approximate surface area is 162 Å². The van der Waals surface area contributed by atoms with Gasteiger partial charge in [0.05, 0.1) is 11.8 Å². The minimum absolute atomic E-state index is 0.00362. The monoisotopic (exact) mass is 375 g/mol. The van der Waals surface area contributed by atoms with Gasteiger partial charge in [-0.2, -0.15) is 0 Å². The summed E-state index contributed by atoms with van der Waals surface area (Å²) in [5.41, 5.74) is 0. The quantitative estimate of drug-likeness (QED) is 0.695. The SMILES string of the molecule is CC[C@@H]1[C@H]2CCCCN3[C@@H]2[C@@H](C[C@H]3[C@@H]2C[C@H](C)C(=O)O2)[C@H]2[C@@H]1OC(=O)[C@H]2C. The molecule has 0 unspecified atom stereocenters. The minimum Gasteiger partial charge on any atom is -0.462 e. The second kappa shape index (κ2) is 6.47. The highest BCUT2D eigenvalue weighted by Crippen LogP contribution is 2.57. The van der Waals surface area contributed by atoms with Gasteiger partial charge in [0.25, 0.3) is 0 Å². The Hall–Kier alpha value is -1.10. The Bertz CT molecular complexity index is 636. The van der Waals surface area contributed by atoms with Crippen LogP contribution in [-0.2, 0) is 19.1 Å². The van der Waals surface area contributed by atoms with Crippen LogP contribution in [0.5, 0.6) is 0 Å². The number of carbonyl (C=O) groups is 2. The molecule has 5 aliphatic rings. The van der Waals surface area contributed by atoms with Crippen LogP contribution in [0.25, 0.3) is 0 Å². The van der Waals surface area contributed by atoms with Gasteiger partial charge in [-0.1, -0.05) is 27.2 Å². The molecular weight excluding hydrogens is 342 g/mol. The predicted octanol–water partition coefficient (Wildman–Crippen LogP) is 3.01. The molecule has 5 nitrogen and oxygen atoms in total. The van der Waals surface area contributed by atoms with Crippen LogP contribution in [0.3, 0.4) is 0 Å². The molecule has 5 fully saturated rings. The molecule has 0 spiro atoms. The van der Waals surface area contributed by atoms with Crippen molar-refractivity contribution < 1.29 is 19.1 Å². The number of ether oxygens (including phenoxy) is 2. The Kier molecular flexibility index (Phi) is 4.30. The molecule has 27 heavy (non-hydrogen) atoms. The van der Waals surface area contributed by atoms with Crippen molar-refractivity contribution in [3.05, 3.63) is 0 Å². The lowest BCUT2D eigenvalue weighted by Gasteiger charge is -2.48. The topological polar surface area (TPSA) is 55.8 Å². The number of esters is 2. The maximum atomic E-state index is 12.5. The lowest BCUT2D eigenvalue weighted by molar-refractivity contribution is -0.148. The molecule has 4 saturated heterocycles. The van der Waals surface area contributed by atoms with E-state index in [0.29, 0.717) is 35.8 Å². The van der Waals surface area contributed by atoms with Crippen LogP contribution < -0.4 is 0 Å². The highest BCUT2D eigenvalue weighted by atomic mass is 16.6. The summed E-state index contributed by atoms with van der Waals surface area (Å²) in [5.74, 6) is 1.94. The van der Waals surface area contributed by atoms with Gasteiger partial charge in [0.2, 0.25) is 0 Å². The number of hydrogen-bond acceptors (Lipinski definition) is 5. The van der Waals surface area contributed by atoms with Crippen LogP contribution in [0.15, 0.2) is 0 Å². The van der Waals surface area contributed by atoms with Crippen LogP contribution in [0.1, 0.15) is 59.3 Å². The maximum absolute atomic E-state index is 12.5. The van der Waals surface area contributed by atoms with E-state index in [-0.39, 0.29) is 36.0 Å². The highest BCUT2D eigenvalue weighted by molar-refractivity contribution is 5.75. The normalized spacial score (nSPS) is 52.1. The van der Waals surface area contributed by atoms with Crippen molar-refractivity contribution >= 4 is 11.9 Å². The smallest absolute Gasteiger partial charge is 0.309 e. The zero-order chi connectivity index (χ0) is 18.9. The van der Waals surface area contributed by atoms with Crippen molar-refractivity contribution in [2.24, 2.45) is 35.5 Å². The highest BCUT2D eigenvalue weighted by Gasteiger charge is 2.63. The first-order valence-electron chi connectivity index (χ1n) is 11.2. The number of rotatable bonds is 2. The Morgan fingerprint density at radius 2 is 1.85 bits per heavy atom. The molecule has 0 N–H and O–H groups in total. The van der Waals surface area contributed by atoms with Gasteiger partial charge in [-0.25, -0.2) is 0 Å². The molecule has 1 saturated carbocycles. The number of nitrogens with zero attached hydrogens (tertiary/aromatic N) is 1. The fraction of sp³-hybridized carbons (Fsp3) is 0.909. The van der Waals surface area contributed by atoms with Crippen LogP contribution in [0, 0.1) is 35.5 Å². The van der Waals surface area contributed by atoms with E-state index in [1.807, 2.05) is 6.92 Å². The third kappa shape index (κ3) is 2.53. The Balaban J connectivity index is 1.51. The van der Waals surface area contributed by atoms with Gasteiger partial charge in [-0.3, -0.25) is 14.5 Å². The molecule has 150 valence electrons. The lowest BCUT2D eigenvalue weighted by Crippen LogP contribution is -2.54. The van der Waals surface area contributed by atoms with Crippen molar-refractivity contribution in [1.29, 1.82) is 0 Å². The molecule has 4 aliphatic heterocycles. The van der Waals surface area contributed by atoms with Crippen molar-refractivity contribution in [2.45, 2.75) is 83.6 Å². The van der Waals surface area contributed by atoms with E-state index in [1.165, 1.54) is 19.3 Å². The Morgan fingerprint density at radius 1 is 1.04 bits per heavy atom. The Morgan fingerprint density at radius 3 is 2.56 bits per heavy atom. The third-order valence-corrected chi connectivity index (χ3v) is 8.61. The summed E-state index contributed by atoms with van der Waals surface area (Å²) in [5, 5.41) is 0.